The molecule has 0 aromatic carbocycles. The van der Waals surface area contributed by atoms with Gasteiger partial charge in [0.25, 0.3) is 0 Å². The average Bonchev–Trinajstić information content (AvgIpc) is 2.06. The molecule has 1 nitrogen and oxygen atoms in total. The number of rotatable bonds is 4. The average molecular weight is 182 g/mol. The van der Waals surface area contributed by atoms with Gasteiger partial charge in [0.05, 0.1) is 0 Å². The monoisotopic (exact) mass is 182 g/mol. The maximum Gasteiger partial charge on any atom is 0.133 e. The van der Waals surface area contributed by atoms with Crippen LogP contribution in [0.4, 0.5) is 0 Å². The maximum atomic E-state index is 11.3. The Hall–Kier alpha value is -0.590. The van der Waals surface area contributed by atoms with E-state index < -0.39 is 0 Å². The van der Waals surface area contributed by atoms with Crippen LogP contribution in [0, 0.1) is 5.92 Å². The Kier molecular flexibility index (Phi) is 6.56. The summed E-state index contributed by atoms with van der Waals surface area (Å²) in [6.45, 7) is 2.07. The molecule has 0 radical (unpaired) electrons. The minimum absolute atomic E-state index is 0. The van der Waals surface area contributed by atoms with E-state index in [0.29, 0.717) is 11.7 Å². The lowest BCUT2D eigenvalue weighted by molar-refractivity contribution is -0.120. The van der Waals surface area contributed by atoms with Crippen LogP contribution < -0.4 is 0 Å². The van der Waals surface area contributed by atoms with Gasteiger partial charge in [-0.3, -0.25) is 4.79 Å². The van der Waals surface area contributed by atoms with Crippen LogP contribution in [0.15, 0.2) is 12.2 Å². The van der Waals surface area contributed by atoms with Gasteiger partial charge in [0.15, 0.2) is 0 Å². The molecule has 0 aromatic heterocycles. The molecule has 1 rings (SSSR count). The number of carbonyl (C=O) groups excluding carboxylic acids is 1. The lowest BCUT2D eigenvalue weighted by atomic mass is 9.89. The zero-order chi connectivity index (χ0) is 8.81. The SMILES string of the molecule is C.CCCC(=O)CC1CC=CCC1. The highest BCUT2D eigenvalue weighted by Gasteiger charge is 2.13. The Bertz CT molecular complexity index is 170. The standard InChI is InChI=1S/C11H18O.CH4/c1-2-6-11(12)9-10-7-4-3-5-8-10;/h3-4,10H,2,5-9H2,1H3;1H4. The number of hydrogen-bond donors (Lipinski definition) is 0. The highest BCUT2D eigenvalue weighted by Crippen LogP contribution is 2.22. The van der Waals surface area contributed by atoms with Gasteiger partial charge >= 0.3 is 0 Å². The predicted octanol–water partition coefficient (Wildman–Crippen LogP) is 3.74. The first kappa shape index (κ1) is 12.4. The van der Waals surface area contributed by atoms with E-state index in [1.54, 1.807) is 0 Å². The largest absolute Gasteiger partial charge is 0.300 e. The minimum Gasteiger partial charge on any atom is -0.300 e. The molecule has 0 bridgehead atoms. The van der Waals surface area contributed by atoms with E-state index in [4.69, 9.17) is 0 Å². The number of allylic oxidation sites excluding steroid dienone is 2. The summed E-state index contributed by atoms with van der Waals surface area (Å²) in [5, 5.41) is 0. The zero-order valence-electron chi connectivity index (χ0n) is 7.88. The van der Waals surface area contributed by atoms with Crippen LogP contribution >= 0.6 is 0 Å². The normalized spacial score (nSPS) is 20.8. The van der Waals surface area contributed by atoms with Crippen molar-refractivity contribution in [3.63, 3.8) is 0 Å². The van der Waals surface area contributed by atoms with Crippen molar-refractivity contribution in [1.82, 2.24) is 0 Å². The molecule has 0 fully saturated rings. The van der Waals surface area contributed by atoms with Crippen molar-refractivity contribution in [3.05, 3.63) is 12.2 Å². The van der Waals surface area contributed by atoms with Crippen LogP contribution in [0.2, 0.25) is 0 Å². The van der Waals surface area contributed by atoms with Crippen molar-refractivity contribution >= 4 is 5.78 Å². The predicted molar refractivity (Wildman–Crippen MR) is 57.7 cm³/mol. The molecule has 1 atom stereocenters. The van der Waals surface area contributed by atoms with Gasteiger partial charge in [-0.05, 0) is 31.6 Å². The third-order valence-corrected chi connectivity index (χ3v) is 2.42. The molecule has 76 valence electrons. The molecule has 1 aliphatic rings. The molecule has 1 unspecified atom stereocenters. The fourth-order valence-corrected chi connectivity index (χ4v) is 1.74. The fraction of sp³-hybridized carbons (Fsp3) is 0.750. The summed E-state index contributed by atoms with van der Waals surface area (Å²) < 4.78 is 0. The summed E-state index contributed by atoms with van der Waals surface area (Å²) in [5.74, 6) is 1.10. The molecule has 1 aliphatic carbocycles. The second-order valence-electron chi connectivity index (χ2n) is 3.64. The summed E-state index contributed by atoms with van der Waals surface area (Å²) in [6, 6.07) is 0. The lowest BCUT2D eigenvalue weighted by Crippen LogP contribution is -2.09. The zero-order valence-corrected chi connectivity index (χ0v) is 7.88. The van der Waals surface area contributed by atoms with Gasteiger partial charge in [0, 0.05) is 12.8 Å². The Morgan fingerprint density at radius 2 is 2.23 bits per heavy atom. The van der Waals surface area contributed by atoms with Crippen LogP contribution in [0.1, 0.15) is 52.9 Å². The summed E-state index contributed by atoms with van der Waals surface area (Å²) in [7, 11) is 0. The van der Waals surface area contributed by atoms with E-state index in [1.165, 1.54) is 12.8 Å². The smallest absolute Gasteiger partial charge is 0.133 e. The van der Waals surface area contributed by atoms with Crippen molar-refractivity contribution in [1.29, 1.82) is 0 Å². The summed E-state index contributed by atoms with van der Waals surface area (Å²) in [4.78, 5) is 11.3. The topological polar surface area (TPSA) is 17.1 Å². The molecule has 0 saturated carbocycles. The van der Waals surface area contributed by atoms with Gasteiger partial charge in [-0.2, -0.15) is 0 Å². The van der Waals surface area contributed by atoms with E-state index in [1.807, 2.05) is 0 Å². The fourth-order valence-electron chi connectivity index (χ4n) is 1.74. The van der Waals surface area contributed by atoms with Crippen LogP contribution in [0.3, 0.4) is 0 Å². The van der Waals surface area contributed by atoms with Gasteiger partial charge in [-0.25, -0.2) is 0 Å². The van der Waals surface area contributed by atoms with E-state index in [-0.39, 0.29) is 7.43 Å². The third-order valence-electron chi connectivity index (χ3n) is 2.42. The number of Topliss-reactive ketones (excluding diaryl/α,β-unsaturated/α-hetero) is 1. The maximum absolute atomic E-state index is 11.3. The third kappa shape index (κ3) is 4.87. The summed E-state index contributed by atoms with van der Waals surface area (Å²) in [5.41, 5.74) is 0. The van der Waals surface area contributed by atoms with E-state index >= 15 is 0 Å². The Labute approximate surface area is 82.2 Å². The van der Waals surface area contributed by atoms with Crippen molar-refractivity contribution in [2.45, 2.75) is 52.9 Å². The molecular formula is C12H22O. The molecule has 0 heterocycles. The van der Waals surface area contributed by atoms with Crippen molar-refractivity contribution < 1.29 is 4.79 Å². The van der Waals surface area contributed by atoms with Crippen LogP contribution in [-0.2, 0) is 4.79 Å². The lowest BCUT2D eigenvalue weighted by Gasteiger charge is -2.16. The molecule has 0 saturated heterocycles. The van der Waals surface area contributed by atoms with Gasteiger partial charge in [-0.1, -0.05) is 26.5 Å². The summed E-state index contributed by atoms with van der Waals surface area (Å²) in [6.07, 6.45) is 10.5. The molecule has 13 heavy (non-hydrogen) atoms. The summed E-state index contributed by atoms with van der Waals surface area (Å²) >= 11 is 0. The molecule has 0 amide bonds. The highest BCUT2D eigenvalue weighted by molar-refractivity contribution is 5.78. The van der Waals surface area contributed by atoms with Crippen LogP contribution in [0.5, 0.6) is 0 Å². The Morgan fingerprint density at radius 1 is 1.46 bits per heavy atom. The van der Waals surface area contributed by atoms with Crippen LogP contribution in [0.25, 0.3) is 0 Å². The molecule has 0 aliphatic heterocycles. The molecule has 0 N–H and O–H groups in total. The highest BCUT2D eigenvalue weighted by atomic mass is 16.1. The number of carbonyl (C=O) groups is 1. The quantitative estimate of drug-likeness (QED) is 0.605. The first-order valence-corrected chi connectivity index (χ1v) is 4.99. The number of ketones is 1. The van der Waals surface area contributed by atoms with E-state index in [2.05, 4.69) is 19.1 Å². The van der Waals surface area contributed by atoms with Gasteiger partial charge < -0.3 is 0 Å². The molecule has 0 aromatic rings. The molecule has 1 heteroatoms. The van der Waals surface area contributed by atoms with Crippen molar-refractivity contribution in [2.75, 3.05) is 0 Å². The second kappa shape index (κ2) is 6.88. The van der Waals surface area contributed by atoms with Crippen LogP contribution in [-0.4, -0.2) is 5.78 Å². The first-order chi connectivity index (χ1) is 5.83. The Balaban J connectivity index is 0.00000144. The van der Waals surface area contributed by atoms with E-state index in [0.717, 1.165) is 25.7 Å². The van der Waals surface area contributed by atoms with Crippen molar-refractivity contribution in [3.8, 4) is 0 Å². The number of hydrogen-bond acceptors (Lipinski definition) is 1. The Morgan fingerprint density at radius 3 is 2.77 bits per heavy atom. The van der Waals surface area contributed by atoms with E-state index in [9.17, 15) is 4.79 Å². The minimum atomic E-state index is 0. The second-order valence-corrected chi connectivity index (χ2v) is 3.64. The first-order valence-electron chi connectivity index (χ1n) is 4.99. The molecular weight excluding hydrogens is 160 g/mol. The van der Waals surface area contributed by atoms with Crippen molar-refractivity contribution in [2.24, 2.45) is 5.92 Å². The van der Waals surface area contributed by atoms with Gasteiger partial charge in [0.2, 0.25) is 0 Å². The van der Waals surface area contributed by atoms with Gasteiger partial charge in [0.1, 0.15) is 5.78 Å². The van der Waals surface area contributed by atoms with Gasteiger partial charge in [-0.15, -0.1) is 0 Å². The molecule has 0 spiro atoms.